The second-order valence-electron chi connectivity index (χ2n) is 2.84. The van der Waals surface area contributed by atoms with Crippen LogP contribution in [0.15, 0.2) is 33.7 Å². The number of anilines is 1. The largest absolute Gasteiger partial charge is 0.494 e. The van der Waals surface area contributed by atoms with E-state index in [0.717, 1.165) is 0 Å². The summed E-state index contributed by atoms with van der Waals surface area (Å²) in [5, 5.41) is 0.464. The van der Waals surface area contributed by atoms with E-state index in [-0.39, 0.29) is 5.43 Å². The van der Waals surface area contributed by atoms with Gasteiger partial charge in [0, 0.05) is 6.07 Å². The molecule has 4 nitrogen and oxygen atoms in total. The lowest BCUT2D eigenvalue weighted by Crippen LogP contribution is -2.01. The first-order chi connectivity index (χ1) is 6.74. The highest BCUT2D eigenvalue weighted by atomic mass is 16.5. The molecule has 2 rings (SSSR count). The Bertz CT molecular complexity index is 530. The summed E-state index contributed by atoms with van der Waals surface area (Å²) in [5.74, 6) is 0.506. The molecule has 0 atom stereocenters. The van der Waals surface area contributed by atoms with Gasteiger partial charge >= 0.3 is 0 Å². The number of methoxy groups -OCH3 is 1. The second-order valence-corrected chi connectivity index (χ2v) is 2.84. The van der Waals surface area contributed by atoms with E-state index in [1.54, 1.807) is 12.1 Å². The standard InChI is InChI=1S/C10H9NO3/c1-13-8-3-2-6-7(12)4-5-14-10(6)9(8)11/h2-5H,11H2,1H3. The van der Waals surface area contributed by atoms with E-state index in [4.69, 9.17) is 14.9 Å². The number of nitrogen functional groups attached to an aromatic ring is 1. The van der Waals surface area contributed by atoms with Gasteiger partial charge in [0.2, 0.25) is 0 Å². The van der Waals surface area contributed by atoms with Gasteiger partial charge in [-0.15, -0.1) is 0 Å². The summed E-state index contributed by atoms with van der Waals surface area (Å²) in [5.41, 5.74) is 6.35. The molecule has 0 spiro atoms. The number of benzene rings is 1. The van der Waals surface area contributed by atoms with Crippen molar-refractivity contribution in [3.05, 3.63) is 34.7 Å². The van der Waals surface area contributed by atoms with Crippen molar-refractivity contribution in [2.24, 2.45) is 0 Å². The van der Waals surface area contributed by atoms with Crippen LogP contribution in [0.25, 0.3) is 11.0 Å². The van der Waals surface area contributed by atoms with Crippen molar-refractivity contribution in [1.82, 2.24) is 0 Å². The Morgan fingerprint density at radius 2 is 2.14 bits per heavy atom. The van der Waals surface area contributed by atoms with Crippen LogP contribution in [-0.4, -0.2) is 7.11 Å². The Labute approximate surface area is 79.9 Å². The fourth-order valence-electron chi connectivity index (χ4n) is 1.33. The normalized spacial score (nSPS) is 10.4. The molecule has 2 aromatic rings. The Morgan fingerprint density at radius 1 is 1.36 bits per heavy atom. The van der Waals surface area contributed by atoms with Crippen LogP contribution >= 0.6 is 0 Å². The fourth-order valence-corrected chi connectivity index (χ4v) is 1.33. The van der Waals surface area contributed by atoms with Crippen LogP contribution in [-0.2, 0) is 0 Å². The van der Waals surface area contributed by atoms with E-state index in [0.29, 0.717) is 22.4 Å². The molecule has 2 N–H and O–H groups in total. The summed E-state index contributed by atoms with van der Waals surface area (Å²) in [6.45, 7) is 0. The molecular weight excluding hydrogens is 182 g/mol. The SMILES string of the molecule is COc1ccc2c(=O)ccoc2c1N. The minimum atomic E-state index is -0.111. The Morgan fingerprint density at radius 3 is 2.86 bits per heavy atom. The van der Waals surface area contributed by atoms with Gasteiger partial charge < -0.3 is 14.9 Å². The van der Waals surface area contributed by atoms with Gasteiger partial charge in [0.15, 0.2) is 11.0 Å². The maximum Gasteiger partial charge on any atom is 0.192 e. The predicted molar refractivity (Wildman–Crippen MR) is 53.4 cm³/mol. The zero-order chi connectivity index (χ0) is 10.1. The topological polar surface area (TPSA) is 65.5 Å². The fraction of sp³-hybridized carbons (Fsp3) is 0.100. The predicted octanol–water partition coefficient (Wildman–Crippen LogP) is 1.38. The van der Waals surface area contributed by atoms with E-state index >= 15 is 0 Å². The van der Waals surface area contributed by atoms with Crippen LogP contribution in [0, 0.1) is 0 Å². The van der Waals surface area contributed by atoms with E-state index in [2.05, 4.69) is 0 Å². The molecular formula is C10H9NO3. The van der Waals surface area contributed by atoms with Gasteiger partial charge in [-0.2, -0.15) is 0 Å². The summed E-state index contributed by atoms with van der Waals surface area (Å²) >= 11 is 0. The van der Waals surface area contributed by atoms with Gasteiger partial charge in [-0.3, -0.25) is 4.79 Å². The molecule has 0 aliphatic carbocycles. The molecule has 4 heteroatoms. The Kier molecular flexibility index (Phi) is 1.89. The minimum Gasteiger partial charge on any atom is -0.494 e. The van der Waals surface area contributed by atoms with Crippen LogP contribution in [0.2, 0.25) is 0 Å². The number of hydrogen-bond donors (Lipinski definition) is 1. The molecule has 0 saturated carbocycles. The first-order valence-corrected chi connectivity index (χ1v) is 4.08. The quantitative estimate of drug-likeness (QED) is 0.691. The monoisotopic (exact) mass is 191 g/mol. The average Bonchev–Trinajstić information content (AvgIpc) is 2.20. The lowest BCUT2D eigenvalue weighted by molar-refractivity contribution is 0.416. The zero-order valence-electron chi connectivity index (χ0n) is 7.61. The third kappa shape index (κ3) is 1.12. The van der Waals surface area contributed by atoms with Crippen molar-refractivity contribution in [2.75, 3.05) is 12.8 Å². The molecule has 0 bridgehead atoms. The van der Waals surface area contributed by atoms with Gasteiger partial charge in [-0.1, -0.05) is 0 Å². The summed E-state index contributed by atoms with van der Waals surface area (Å²) in [7, 11) is 1.51. The molecule has 1 heterocycles. The zero-order valence-corrected chi connectivity index (χ0v) is 7.61. The number of hydrogen-bond acceptors (Lipinski definition) is 4. The lowest BCUT2D eigenvalue weighted by Gasteiger charge is -2.05. The van der Waals surface area contributed by atoms with Gasteiger partial charge in [0.1, 0.15) is 11.4 Å². The number of rotatable bonds is 1. The summed E-state index contributed by atoms with van der Waals surface area (Å²) in [6.07, 6.45) is 1.32. The average molecular weight is 191 g/mol. The van der Waals surface area contributed by atoms with Gasteiger partial charge in [0.05, 0.1) is 18.8 Å². The highest BCUT2D eigenvalue weighted by Crippen LogP contribution is 2.28. The summed E-state index contributed by atoms with van der Waals surface area (Å²) in [6, 6.07) is 4.64. The molecule has 0 aliphatic rings. The molecule has 14 heavy (non-hydrogen) atoms. The highest BCUT2D eigenvalue weighted by molar-refractivity contribution is 5.90. The van der Waals surface area contributed by atoms with E-state index < -0.39 is 0 Å². The molecule has 0 fully saturated rings. The van der Waals surface area contributed by atoms with Crippen molar-refractivity contribution >= 4 is 16.7 Å². The maximum absolute atomic E-state index is 11.4. The van der Waals surface area contributed by atoms with Crippen molar-refractivity contribution < 1.29 is 9.15 Å². The Balaban J connectivity index is 2.91. The van der Waals surface area contributed by atoms with Crippen LogP contribution in [0.4, 0.5) is 5.69 Å². The molecule has 0 radical (unpaired) electrons. The minimum absolute atomic E-state index is 0.111. The molecule has 0 aliphatic heterocycles. The molecule has 0 amide bonds. The van der Waals surface area contributed by atoms with Crippen LogP contribution < -0.4 is 15.9 Å². The molecule has 1 aromatic carbocycles. The summed E-state index contributed by atoms with van der Waals surface area (Å²) in [4.78, 5) is 11.4. The second kappa shape index (κ2) is 3.06. The maximum atomic E-state index is 11.4. The molecule has 72 valence electrons. The number of ether oxygens (including phenoxy) is 1. The number of fused-ring (bicyclic) bond motifs is 1. The van der Waals surface area contributed by atoms with Crippen molar-refractivity contribution in [1.29, 1.82) is 0 Å². The molecule has 0 saturated heterocycles. The Hall–Kier alpha value is -1.97. The molecule has 0 unspecified atom stereocenters. The van der Waals surface area contributed by atoms with Gasteiger partial charge in [0.25, 0.3) is 0 Å². The smallest absolute Gasteiger partial charge is 0.192 e. The molecule has 1 aromatic heterocycles. The van der Waals surface area contributed by atoms with E-state index in [1.807, 2.05) is 0 Å². The van der Waals surface area contributed by atoms with Crippen molar-refractivity contribution in [3.63, 3.8) is 0 Å². The first kappa shape index (κ1) is 8.62. The third-order valence-corrected chi connectivity index (χ3v) is 2.05. The summed E-state index contributed by atoms with van der Waals surface area (Å²) < 4.78 is 10.2. The van der Waals surface area contributed by atoms with E-state index in [9.17, 15) is 4.79 Å². The lowest BCUT2D eigenvalue weighted by atomic mass is 10.2. The van der Waals surface area contributed by atoms with Gasteiger partial charge in [-0.05, 0) is 12.1 Å². The van der Waals surface area contributed by atoms with Gasteiger partial charge in [-0.25, -0.2) is 0 Å². The van der Waals surface area contributed by atoms with Crippen molar-refractivity contribution in [2.45, 2.75) is 0 Å². The first-order valence-electron chi connectivity index (χ1n) is 4.08. The highest BCUT2D eigenvalue weighted by Gasteiger charge is 2.08. The van der Waals surface area contributed by atoms with Crippen LogP contribution in [0.3, 0.4) is 0 Å². The number of nitrogens with two attached hydrogens (primary N) is 1. The third-order valence-electron chi connectivity index (χ3n) is 2.05. The van der Waals surface area contributed by atoms with Crippen molar-refractivity contribution in [3.8, 4) is 5.75 Å². The van der Waals surface area contributed by atoms with Crippen LogP contribution in [0.5, 0.6) is 5.75 Å². The van der Waals surface area contributed by atoms with E-state index in [1.165, 1.54) is 19.4 Å². The van der Waals surface area contributed by atoms with Crippen LogP contribution in [0.1, 0.15) is 0 Å².